The van der Waals surface area contributed by atoms with Crippen molar-refractivity contribution in [2.75, 3.05) is 13.2 Å². The second-order valence-electron chi connectivity index (χ2n) is 12.3. The molecule has 1 heterocycles. The van der Waals surface area contributed by atoms with Gasteiger partial charge in [-0.2, -0.15) is 0 Å². The molecule has 42 heavy (non-hydrogen) atoms. The minimum atomic E-state index is -1.54. The highest BCUT2D eigenvalue weighted by atomic mass is 16.7. The molecule has 250 valence electrons. The van der Waals surface area contributed by atoms with Crippen molar-refractivity contribution in [1.29, 1.82) is 0 Å². The van der Waals surface area contributed by atoms with Crippen molar-refractivity contribution in [3.8, 4) is 0 Å². The predicted octanol–water partition coefficient (Wildman–Crippen LogP) is 4.88. The van der Waals surface area contributed by atoms with E-state index in [0.717, 1.165) is 38.5 Å². The number of aliphatic hydroxyl groups is 5. The summed E-state index contributed by atoms with van der Waals surface area (Å²) in [7, 11) is 0. The zero-order valence-electron chi connectivity index (χ0n) is 26.8. The maximum atomic E-state index is 12.8. The Morgan fingerprint density at radius 1 is 0.714 bits per heavy atom. The molecule has 0 bridgehead atoms. The normalized spacial score (nSPS) is 24.0. The van der Waals surface area contributed by atoms with Gasteiger partial charge in [0.05, 0.1) is 25.4 Å². The minimum absolute atomic E-state index is 0.134. The third kappa shape index (κ3) is 17.5. The molecule has 7 unspecified atom stereocenters. The minimum Gasteiger partial charge on any atom is -0.394 e. The number of unbranched alkanes of at least 4 members (excludes halogenated alkanes) is 17. The first-order valence-corrected chi connectivity index (χ1v) is 17.2. The lowest BCUT2D eigenvalue weighted by molar-refractivity contribution is -0.302. The molecule has 0 spiro atoms. The third-order valence-electron chi connectivity index (χ3n) is 8.46. The van der Waals surface area contributed by atoms with E-state index < -0.39 is 49.5 Å². The van der Waals surface area contributed by atoms with Gasteiger partial charge in [-0.05, 0) is 12.8 Å². The second kappa shape index (κ2) is 25.5. The Bertz CT molecular complexity index is 637. The van der Waals surface area contributed by atoms with Gasteiger partial charge < -0.3 is 40.3 Å². The fraction of sp³-hybridized carbons (Fsp3) is 0.970. The van der Waals surface area contributed by atoms with Crippen LogP contribution in [0.2, 0.25) is 0 Å². The van der Waals surface area contributed by atoms with Crippen molar-refractivity contribution in [3.05, 3.63) is 0 Å². The molecule has 6 N–H and O–H groups in total. The predicted molar refractivity (Wildman–Crippen MR) is 166 cm³/mol. The number of aliphatic hydroxyl groups excluding tert-OH is 5. The van der Waals surface area contributed by atoms with E-state index in [9.17, 15) is 30.3 Å². The van der Waals surface area contributed by atoms with Crippen LogP contribution >= 0.6 is 0 Å². The molecular weight excluding hydrogens is 538 g/mol. The van der Waals surface area contributed by atoms with Gasteiger partial charge in [0.1, 0.15) is 24.4 Å². The molecule has 1 aliphatic heterocycles. The molecule has 1 amide bonds. The molecule has 1 fully saturated rings. The van der Waals surface area contributed by atoms with Gasteiger partial charge in [0.25, 0.3) is 0 Å². The van der Waals surface area contributed by atoms with Crippen molar-refractivity contribution in [2.24, 2.45) is 0 Å². The summed E-state index contributed by atoms with van der Waals surface area (Å²) in [6.45, 7) is 3.75. The summed E-state index contributed by atoms with van der Waals surface area (Å²) < 4.78 is 11.1. The van der Waals surface area contributed by atoms with Crippen LogP contribution in [0.4, 0.5) is 0 Å². The monoisotopic (exact) mass is 603 g/mol. The topological polar surface area (TPSA) is 149 Å². The summed E-state index contributed by atoms with van der Waals surface area (Å²) in [5.74, 6) is -0.150. The van der Waals surface area contributed by atoms with Gasteiger partial charge in [-0.3, -0.25) is 4.79 Å². The fourth-order valence-corrected chi connectivity index (χ4v) is 5.57. The number of amides is 1. The van der Waals surface area contributed by atoms with Crippen LogP contribution < -0.4 is 5.32 Å². The molecule has 1 aliphatic rings. The van der Waals surface area contributed by atoms with Crippen molar-refractivity contribution < 1.29 is 39.8 Å². The van der Waals surface area contributed by atoms with Crippen LogP contribution in [0.5, 0.6) is 0 Å². The SMILES string of the molecule is CCCCCCCCCCCCCCC(=O)NC(COC1OC(CO)C(O)C(O)C1O)C(O)CCCCCCCCC. The zero-order chi connectivity index (χ0) is 31.0. The molecule has 0 aromatic carbocycles. The molecule has 7 atom stereocenters. The molecular formula is C33H65NO8. The Morgan fingerprint density at radius 3 is 1.69 bits per heavy atom. The van der Waals surface area contributed by atoms with Crippen LogP contribution in [-0.2, 0) is 14.3 Å². The van der Waals surface area contributed by atoms with Gasteiger partial charge in [0, 0.05) is 6.42 Å². The van der Waals surface area contributed by atoms with Crippen LogP contribution in [-0.4, -0.2) is 87.5 Å². The number of hydrogen-bond acceptors (Lipinski definition) is 8. The maximum absolute atomic E-state index is 12.8. The van der Waals surface area contributed by atoms with Crippen LogP contribution in [0, 0.1) is 0 Å². The first-order chi connectivity index (χ1) is 20.3. The quantitative estimate of drug-likeness (QED) is 0.0728. The Kier molecular flexibility index (Phi) is 23.8. The largest absolute Gasteiger partial charge is 0.394 e. The standard InChI is InChI=1S/C33H65NO8/c1-3-5-7-9-11-12-13-14-15-17-19-21-23-29(37)34-26(27(36)22-20-18-16-10-8-6-4-2)25-41-33-32(40)31(39)30(38)28(24-35)42-33/h26-28,30-33,35-36,38-40H,3-25H2,1-2H3,(H,34,37). The number of carbonyl (C=O) groups is 1. The first-order valence-electron chi connectivity index (χ1n) is 17.2. The van der Waals surface area contributed by atoms with Gasteiger partial charge in [-0.15, -0.1) is 0 Å². The van der Waals surface area contributed by atoms with E-state index in [1.165, 1.54) is 83.5 Å². The average molecular weight is 604 g/mol. The van der Waals surface area contributed by atoms with Gasteiger partial charge >= 0.3 is 0 Å². The number of ether oxygens (including phenoxy) is 2. The third-order valence-corrected chi connectivity index (χ3v) is 8.46. The second-order valence-corrected chi connectivity index (χ2v) is 12.3. The molecule has 0 aromatic rings. The lowest BCUT2D eigenvalue weighted by Gasteiger charge is -2.40. The van der Waals surface area contributed by atoms with Crippen LogP contribution in [0.3, 0.4) is 0 Å². The molecule has 0 saturated carbocycles. The summed E-state index contributed by atoms with van der Waals surface area (Å²) in [6, 6.07) is -0.706. The van der Waals surface area contributed by atoms with Crippen molar-refractivity contribution >= 4 is 5.91 Å². The van der Waals surface area contributed by atoms with Gasteiger partial charge in [-0.1, -0.05) is 129 Å². The van der Waals surface area contributed by atoms with E-state index in [0.29, 0.717) is 12.8 Å². The number of rotatable bonds is 27. The van der Waals surface area contributed by atoms with Gasteiger partial charge in [0.2, 0.25) is 5.91 Å². The van der Waals surface area contributed by atoms with E-state index in [4.69, 9.17) is 9.47 Å². The zero-order valence-corrected chi connectivity index (χ0v) is 26.8. The van der Waals surface area contributed by atoms with E-state index in [2.05, 4.69) is 19.2 Å². The molecule has 1 saturated heterocycles. The highest BCUT2D eigenvalue weighted by Gasteiger charge is 2.44. The number of carbonyl (C=O) groups excluding carboxylic acids is 1. The Morgan fingerprint density at radius 2 is 1.19 bits per heavy atom. The lowest BCUT2D eigenvalue weighted by Crippen LogP contribution is -2.60. The Hall–Kier alpha value is -0.810. The first kappa shape index (κ1) is 39.2. The van der Waals surface area contributed by atoms with Crippen molar-refractivity contribution in [1.82, 2.24) is 5.32 Å². The van der Waals surface area contributed by atoms with Crippen LogP contribution in [0.25, 0.3) is 0 Å². The van der Waals surface area contributed by atoms with Crippen molar-refractivity contribution in [3.63, 3.8) is 0 Å². The van der Waals surface area contributed by atoms with E-state index in [-0.39, 0.29) is 12.5 Å². The van der Waals surface area contributed by atoms with Crippen molar-refractivity contribution in [2.45, 2.75) is 192 Å². The highest BCUT2D eigenvalue weighted by molar-refractivity contribution is 5.76. The molecule has 0 radical (unpaired) electrons. The molecule has 0 aliphatic carbocycles. The molecule has 9 heteroatoms. The molecule has 9 nitrogen and oxygen atoms in total. The number of hydrogen-bond donors (Lipinski definition) is 6. The molecule has 0 aromatic heterocycles. The Balaban J connectivity index is 2.44. The van der Waals surface area contributed by atoms with Gasteiger partial charge in [0.15, 0.2) is 6.29 Å². The summed E-state index contributed by atoms with van der Waals surface area (Å²) in [5.41, 5.74) is 0. The van der Waals surface area contributed by atoms with Crippen LogP contribution in [0.15, 0.2) is 0 Å². The summed E-state index contributed by atoms with van der Waals surface area (Å²) in [6.07, 6.45) is 15.6. The summed E-state index contributed by atoms with van der Waals surface area (Å²) >= 11 is 0. The smallest absolute Gasteiger partial charge is 0.220 e. The highest BCUT2D eigenvalue weighted by Crippen LogP contribution is 2.23. The molecule has 1 rings (SSSR count). The van der Waals surface area contributed by atoms with E-state index in [1.54, 1.807) is 0 Å². The average Bonchev–Trinajstić information content (AvgIpc) is 2.98. The number of nitrogens with one attached hydrogen (secondary N) is 1. The van der Waals surface area contributed by atoms with E-state index >= 15 is 0 Å². The fourth-order valence-electron chi connectivity index (χ4n) is 5.57. The van der Waals surface area contributed by atoms with E-state index in [1.807, 2.05) is 0 Å². The Labute approximate surface area is 255 Å². The summed E-state index contributed by atoms with van der Waals surface area (Å²) in [4.78, 5) is 12.8. The van der Waals surface area contributed by atoms with Gasteiger partial charge in [-0.25, -0.2) is 0 Å². The van der Waals surface area contributed by atoms with Crippen LogP contribution in [0.1, 0.15) is 149 Å². The maximum Gasteiger partial charge on any atom is 0.220 e. The lowest BCUT2D eigenvalue weighted by atomic mass is 9.99. The summed E-state index contributed by atoms with van der Waals surface area (Å²) in [5, 5.41) is 53.7.